The van der Waals surface area contributed by atoms with Crippen molar-refractivity contribution < 1.29 is 5.11 Å². The highest BCUT2D eigenvalue weighted by atomic mass is 16.3. The lowest BCUT2D eigenvalue weighted by Gasteiger charge is -2.43. The molecule has 0 aliphatic heterocycles. The minimum Gasteiger partial charge on any atom is -0.388 e. The first-order valence-electron chi connectivity index (χ1n) is 6.53. The Labute approximate surface area is 99.3 Å². The highest BCUT2D eigenvalue weighted by Gasteiger charge is 2.49. The van der Waals surface area contributed by atoms with E-state index in [-0.39, 0.29) is 11.5 Å². The van der Waals surface area contributed by atoms with Crippen LogP contribution < -0.4 is 0 Å². The van der Waals surface area contributed by atoms with Gasteiger partial charge in [0, 0.05) is 0 Å². The summed E-state index contributed by atoms with van der Waals surface area (Å²) in [4.78, 5) is 0. The van der Waals surface area contributed by atoms with Crippen molar-refractivity contribution in [1.82, 2.24) is 0 Å². The number of aliphatic hydroxyl groups excluding tert-OH is 1. The maximum Gasteiger partial charge on any atom is 0.0792 e. The van der Waals surface area contributed by atoms with Crippen LogP contribution in [-0.2, 0) is 0 Å². The minimum atomic E-state index is -0.327. The molecule has 1 spiro atoms. The van der Waals surface area contributed by atoms with Crippen molar-refractivity contribution >= 4 is 0 Å². The van der Waals surface area contributed by atoms with E-state index in [1.165, 1.54) is 12.8 Å². The maximum absolute atomic E-state index is 10.1. The Balaban J connectivity index is 2.34. The van der Waals surface area contributed by atoms with E-state index in [2.05, 4.69) is 39.5 Å². The summed E-state index contributed by atoms with van der Waals surface area (Å²) in [7, 11) is 0. The van der Waals surface area contributed by atoms with Gasteiger partial charge in [-0.1, -0.05) is 39.5 Å². The minimum absolute atomic E-state index is 0.231. The fourth-order valence-corrected chi connectivity index (χ4v) is 3.83. The zero-order valence-corrected chi connectivity index (χ0v) is 10.7. The van der Waals surface area contributed by atoms with Crippen LogP contribution in [0.25, 0.3) is 0 Å². The number of rotatable bonds is 1. The monoisotopic (exact) mass is 220 g/mol. The Bertz CT molecular complexity index is 315. The van der Waals surface area contributed by atoms with Gasteiger partial charge < -0.3 is 5.11 Å². The van der Waals surface area contributed by atoms with Gasteiger partial charge in [0.1, 0.15) is 0 Å². The Morgan fingerprint density at radius 3 is 2.69 bits per heavy atom. The summed E-state index contributed by atoms with van der Waals surface area (Å²) in [5.74, 6) is 2.12. The number of allylic oxidation sites excluding steroid dienone is 1. The largest absolute Gasteiger partial charge is 0.388 e. The second-order valence-electron chi connectivity index (χ2n) is 6.07. The first-order valence-corrected chi connectivity index (χ1v) is 6.53. The molecule has 0 saturated heterocycles. The normalized spacial score (nSPS) is 43.6. The molecule has 1 heteroatoms. The van der Waals surface area contributed by atoms with Gasteiger partial charge in [-0.05, 0) is 48.0 Å². The molecule has 2 rings (SSSR count). The van der Waals surface area contributed by atoms with E-state index in [1.807, 2.05) is 0 Å². The van der Waals surface area contributed by atoms with E-state index in [9.17, 15) is 5.11 Å². The summed E-state index contributed by atoms with van der Waals surface area (Å²) >= 11 is 0. The Hall–Kier alpha value is -0.560. The van der Waals surface area contributed by atoms with Crippen molar-refractivity contribution in [2.75, 3.05) is 0 Å². The average Bonchev–Trinajstić information content (AvgIpc) is 2.51. The van der Waals surface area contributed by atoms with Gasteiger partial charge in [-0.15, -0.1) is 0 Å². The topological polar surface area (TPSA) is 20.2 Å². The molecule has 1 saturated carbocycles. The van der Waals surface area contributed by atoms with Crippen molar-refractivity contribution in [3.05, 3.63) is 24.3 Å². The van der Waals surface area contributed by atoms with Crippen LogP contribution in [0.3, 0.4) is 0 Å². The molecule has 1 fully saturated rings. The summed E-state index contributed by atoms with van der Waals surface area (Å²) in [5, 5.41) is 10.1. The van der Waals surface area contributed by atoms with E-state index in [1.54, 1.807) is 0 Å². The highest BCUT2D eigenvalue weighted by molar-refractivity contribution is 5.29. The molecule has 0 radical (unpaired) electrons. The van der Waals surface area contributed by atoms with E-state index < -0.39 is 0 Å². The van der Waals surface area contributed by atoms with Gasteiger partial charge in [-0.2, -0.15) is 0 Å². The number of hydrogen-bond acceptors (Lipinski definition) is 1. The predicted molar refractivity (Wildman–Crippen MR) is 68.1 cm³/mol. The van der Waals surface area contributed by atoms with Gasteiger partial charge in [-0.25, -0.2) is 0 Å². The predicted octanol–water partition coefficient (Wildman–Crippen LogP) is 3.55. The third kappa shape index (κ3) is 1.66. The van der Waals surface area contributed by atoms with Crippen molar-refractivity contribution in [1.29, 1.82) is 0 Å². The molecular weight excluding hydrogens is 196 g/mol. The van der Waals surface area contributed by atoms with Gasteiger partial charge in [0.2, 0.25) is 0 Å². The third-order valence-electron chi connectivity index (χ3n) is 4.91. The molecule has 1 N–H and O–H groups in total. The smallest absolute Gasteiger partial charge is 0.0792 e. The van der Waals surface area contributed by atoms with Crippen molar-refractivity contribution in [2.24, 2.45) is 23.2 Å². The maximum atomic E-state index is 10.1. The number of hydrogen-bond donors (Lipinski definition) is 1. The third-order valence-corrected chi connectivity index (χ3v) is 4.91. The summed E-state index contributed by atoms with van der Waals surface area (Å²) in [6.07, 6.45) is 7.57. The van der Waals surface area contributed by atoms with Crippen LogP contribution in [0, 0.1) is 23.2 Å². The van der Waals surface area contributed by atoms with Gasteiger partial charge >= 0.3 is 0 Å². The summed E-state index contributed by atoms with van der Waals surface area (Å²) < 4.78 is 0. The Morgan fingerprint density at radius 2 is 2.12 bits per heavy atom. The lowest BCUT2D eigenvalue weighted by atomic mass is 9.63. The quantitative estimate of drug-likeness (QED) is 0.716. The molecule has 0 aromatic rings. The first kappa shape index (κ1) is 11.9. The molecule has 0 heterocycles. The summed E-state index contributed by atoms with van der Waals surface area (Å²) in [6, 6.07) is 0. The summed E-state index contributed by atoms with van der Waals surface area (Å²) in [5.41, 5.74) is 1.11. The average molecular weight is 220 g/mol. The molecule has 0 amide bonds. The van der Waals surface area contributed by atoms with E-state index >= 15 is 0 Å². The van der Waals surface area contributed by atoms with Gasteiger partial charge in [0.15, 0.2) is 0 Å². The van der Waals surface area contributed by atoms with E-state index in [0.717, 1.165) is 17.9 Å². The zero-order valence-electron chi connectivity index (χ0n) is 10.7. The van der Waals surface area contributed by atoms with Crippen LogP contribution in [0.15, 0.2) is 24.3 Å². The fraction of sp³-hybridized carbons (Fsp3) is 0.733. The number of aliphatic hydroxyl groups is 1. The SMILES string of the molecule is C=C1C=C[C@@]2(C[C@@H]1O)[C@H](C)CC[C@@H]2C(C)C. The van der Waals surface area contributed by atoms with Crippen LogP contribution in [0.1, 0.15) is 40.0 Å². The Morgan fingerprint density at radius 1 is 1.44 bits per heavy atom. The van der Waals surface area contributed by atoms with Crippen molar-refractivity contribution in [3.63, 3.8) is 0 Å². The lowest BCUT2D eigenvalue weighted by molar-refractivity contribution is 0.0764. The van der Waals surface area contributed by atoms with Gasteiger partial charge in [0.25, 0.3) is 0 Å². The van der Waals surface area contributed by atoms with Crippen LogP contribution in [-0.4, -0.2) is 11.2 Å². The molecule has 90 valence electrons. The molecule has 2 aliphatic carbocycles. The van der Waals surface area contributed by atoms with Crippen molar-refractivity contribution in [2.45, 2.75) is 46.1 Å². The molecule has 2 aliphatic rings. The molecule has 4 atom stereocenters. The highest BCUT2D eigenvalue weighted by Crippen LogP contribution is 2.56. The molecule has 0 aromatic heterocycles. The van der Waals surface area contributed by atoms with Crippen LogP contribution >= 0.6 is 0 Å². The molecule has 1 nitrogen and oxygen atoms in total. The first-order chi connectivity index (χ1) is 7.47. The zero-order chi connectivity index (χ0) is 11.9. The van der Waals surface area contributed by atoms with Crippen LogP contribution in [0.4, 0.5) is 0 Å². The lowest BCUT2D eigenvalue weighted by Crippen LogP contribution is -2.38. The molecule has 0 unspecified atom stereocenters. The van der Waals surface area contributed by atoms with Crippen LogP contribution in [0.2, 0.25) is 0 Å². The summed E-state index contributed by atoms with van der Waals surface area (Å²) in [6.45, 7) is 10.9. The molecule has 0 aromatic carbocycles. The standard InChI is InChI=1S/C15H24O/c1-10(2)13-6-5-12(4)15(13)8-7-11(3)14(16)9-15/h7-8,10,12-14,16H,3,5-6,9H2,1-2,4H3/t12-,13-,14+,15-/m1/s1. The van der Waals surface area contributed by atoms with E-state index in [0.29, 0.717) is 11.8 Å². The fourth-order valence-electron chi connectivity index (χ4n) is 3.83. The van der Waals surface area contributed by atoms with Crippen LogP contribution in [0.5, 0.6) is 0 Å². The second kappa shape index (κ2) is 4.03. The molecule has 0 bridgehead atoms. The second-order valence-corrected chi connectivity index (χ2v) is 6.07. The van der Waals surface area contributed by atoms with Crippen molar-refractivity contribution in [3.8, 4) is 0 Å². The van der Waals surface area contributed by atoms with Gasteiger partial charge in [-0.3, -0.25) is 0 Å². The van der Waals surface area contributed by atoms with Gasteiger partial charge in [0.05, 0.1) is 6.10 Å². The van der Waals surface area contributed by atoms with E-state index in [4.69, 9.17) is 0 Å². The molecule has 16 heavy (non-hydrogen) atoms. The Kier molecular flexibility index (Phi) is 3.00. The molecular formula is C15H24O.